The first kappa shape index (κ1) is 18.8. The molecule has 0 bridgehead atoms. The molecule has 1 aliphatic heterocycles. The maximum atomic E-state index is 13.2. The Morgan fingerprint density at radius 2 is 1.64 bits per heavy atom. The van der Waals surface area contributed by atoms with Gasteiger partial charge in [-0.15, -0.1) is 0 Å². The number of nitrogens with zero attached hydrogens (tertiary/aromatic N) is 3. The van der Waals surface area contributed by atoms with Crippen LogP contribution in [0.1, 0.15) is 24.8 Å². The van der Waals surface area contributed by atoms with Crippen LogP contribution in [-0.2, 0) is 17.1 Å². The van der Waals surface area contributed by atoms with E-state index in [9.17, 15) is 13.2 Å². The monoisotopic (exact) mass is 397 g/mol. The van der Waals surface area contributed by atoms with E-state index < -0.39 is 10.0 Å². The van der Waals surface area contributed by atoms with E-state index in [4.69, 9.17) is 0 Å². The molecule has 1 saturated heterocycles. The summed E-state index contributed by atoms with van der Waals surface area (Å²) in [7, 11) is -1.95. The van der Waals surface area contributed by atoms with Gasteiger partial charge in [-0.25, -0.2) is 13.1 Å². The lowest BCUT2D eigenvalue weighted by atomic mass is 10.0. The molecule has 0 saturated carbocycles. The predicted octanol–water partition coefficient (Wildman–Crippen LogP) is 3.08. The summed E-state index contributed by atoms with van der Waals surface area (Å²) in [5.74, 6) is 0. The summed E-state index contributed by atoms with van der Waals surface area (Å²) >= 11 is 0. The Kier molecular flexibility index (Phi) is 4.81. The van der Waals surface area contributed by atoms with E-state index in [0.29, 0.717) is 40.2 Å². The molecule has 146 valence electrons. The summed E-state index contributed by atoms with van der Waals surface area (Å²) in [5.41, 5.74) is 1.83. The Bertz CT molecular complexity index is 1210. The molecule has 0 spiro atoms. The summed E-state index contributed by atoms with van der Waals surface area (Å²) in [4.78, 5) is 12.7. The molecular weight excluding hydrogens is 374 g/mol. The first-order chi connectivity index (χ1) is 13.4. The van der Waals surface area contributed by atoms with Gasteiger partial charge in [0.2, 0.25) is 10.0 Å². The van der Waals surface area contributed by atoms with E-state index in [1.807, 2.05) is 37.3 Å². The fraction of sp³-hybridized carbons (Fsp3) is 0.333. The summed E-state index contributed by atoms with van der Waals surface area (Å²) in [6.07, 6.45) is 2.86. The lowest BCUT2D eigenvalue weighted by molar-refractivity contribution is 0.346. The topological polar surface area (TPSA) is 72.3 Å². The third-order valence-corrected chi connectivity index (χ3v) is 7.39. The molecule has 0 radical (unpaired) electrons. The first-order valence-corrected chi connectivity index (χ1v) is 10.9. The van der Waals surface area contributed by atoms with Crippen molar-refractivity contribution in [1.82, 2.24) is 14.1 Å². The highest BCUT2D eigenvalue weighted by atomic mass is 32.2. The summed E-state index contributed by atoms with van der Waals surface area (Å²) in [6.45, 7) is 2.94. The molecular formula is C21H23N3O3S. The number of hydrogen-bond acceptors (Lipinski definition) is 4. The van der Waals surface area contributed by atoms with Crippen molar-refractivity contribution in [3.05, 3.63) is 58.4 Å². The number of aryl methyl sites for hydroxylation is 2. The Hall–Kier alpha value is -2.51. The van der Waals surface area contributed by atoms with Crippen LogP contribution in [0.15, 0.2) is 52.2 Å². The summed E-state index contributed by atoms with van der Waals surface area (Å²) in [6, 6.07) is 12.7. The molecule has 0 aliphatic carbocycles. The summed E-state index contributed by atoms with van der Waals surface area (Å²) in [5, 5.41) is 5.72. The van der Waals surface area contributed by atoms with E-state index in [1.165, 1.54) is 4.68 Å². The average Bonchev–Trinajstić information content (AvgIpc) is 2.72. The molecule has 6 nitrogen and oxygen atoms in total. The van der Waals surface area contributed by atoms with Crippen LogP contribution in [0, 0.1) is 6.92 Å². The maximum absolute atomic E-state index is 13.2. The van der Waals surface area contributed by atoms with E-state index in [1.54, 1.807) is 23.5 Å². The van der Waals surface area contributed by atoms with Crippen LogP contribution in [0.3, 0.4) is 0 Å². The Labute approximate surface area is 164 Å². The van der Waals surface area contributed by atoms with Crippen LogP contribution in [0.5, 0.6) is 0 Å². The van der Waals surface area contributed by atoms with Crippen molar-refractivity contribution in [2.24, 2.45) is 7.05 Å². The van der Waals surface area contributed by atoms with Crippen LogP contribution < -0.4 is 5.56 Å². The minimum atomic E-state index is -3.56. The highest BCUT2D eigenvalue weighted by molar-refractivity contribution is 7.89. The molecule has 3 aromatic rings. The maximum Gasteiger partial charge on any atom is 0.274 e. The number of hydrogen-bond donors (Lipinski definition) is 0. The molecule has 28 heavy (non-hydrogen) atoms. The van der Waals surface area contributed by atoms with Crippen molar-refractivity contribution in [1.29, 1.82) is 0 Å². The van der Waals surface area contributed by atoms with Crippen LogP contribution in [0.2, 0.25) is 0 Å². The molecule has 7 heteroatoms. The van der Waals surface area contributed by atoms with Crippen LogP contribution in [0.4, 0.5) is 0 Å². The molecule has 1 aromatic heterocycles. The highest BCUT2D eigenvalue weighted by Gasteiger charge is 2.28. The standard InChI is InChI=1S/C21H23N3O3S/c1-15-10-11-16(14-19(15)28(26,27)24-12-6-3-7-13-24)20-17-8-4-5-9-18(17)21(25)23(2)22-20/h4-5,8-11,14H,3,6-7,12-13H2,1-2H3. The molecule has 1 fully saturated rings. The van der Waals surface area contributed by atoms with Gasteiger partial charge < -0.3 is 0 Å². The molecule has 0 atom stereocenters. The molecule has 2 aromatic carbocycles. The lowest BCUT2D eigenvalue weighted by Gasteiger charge is -2.26. The number of benzene rings is 2. The number of sulfonamides is 1. The van der Waals surface area contributed by atoms with Gasteiger partial charge in [-0.1, -0.05) is 36.8 Å². The Morgan fingerprint density at radius 3 is 2.36 bits per heavy atom. The van der Waals surface area contributed by atoms with E-state index in [-0.39, 0.29) is 5.56 Å². The molecule has 0 amide bonds. The van der Waals surface area contributed by atoms with Crippen molar-refractivity contribution < 1.29 is 8.42 Å². The normalized spacial score (nSPS) is 15.8. The van der Waals surface area contributed by atoms with Crippen LogP contribution in [-0.4, -0.2) is 35.6 Å². The van der Waals surface area contributed by atoms with Gasteiger partial charge in [-0.3, -0.25) is 4.79 Å². The van der Waals surface area contributed by atoms with Gasteiger partial charge in [-0.05, 0) is 37.5 Å². The molecule has 0 N–H and O–H groups in total. The smallest absolute Gasteiger partial charge is 0.267 e. The molecule has 2 heterocycles. The van der Waals surface area contributed by atoms with Crippen molar-refractivity contribution in [3.8, 4) is 11.3 Å². The SMILES string of the molecule is Cc1ccc(-c2nn(C)c(=O)c3ccccc23)cc1S(=O)(=O)N1CCCCC1. The van der Waals surface area contributed by atoms with Crippen LogP contribution >= 0.6 is 0 Å². The number of piperidine rings is 1. The minimum absolute atomic E-state index is 0.173. The second kappa shape index (κ2) is 7.14. The van der Waals surface area contributed by atoms with E-state index in [0.717, 1.165) is 24.6 Å². The third-order valence-electron chi connectivity index (χ3n) is 5.35. The van der Waals surface area contributed by atoms with Crippen molar-refractivity contribution in [2.45, 2.75) is 31.1 Å². The number of fused-ring (bicyclic) bond motifs is 1. The van der Waals surface area contributed by atoms with Gasteiger partial charge in [-0.2, -0.15) is 9.40 Å². The first-order valence-electron chi connectivity index (χ1n) is 9.47. The second-order valence-electron chi connectivity index (χ2n) is 7.27. The highest BCUT2D eigenvalue weighted by Crippen LogP contribution is 2.30. The zero-order valence-electron chi connectivity index (χ0n) is 16.1. The lowest BCUT2D eigenvalue weighted by Crippen LogP contribution is -2.36. The second-order valence-corrected chi connectivity index (χ2v) is 9.17. The number of rotatable bonds is 3. The van der Waals surface area contributed by atoms with Gasteiger partial charge in [0.05, 0.1) is 16.0 Å². The van der Waals surface area contributed by atoms with Crippen molar-refractivity contribution >= 4 is 20.8 Å². The van der Waals surface area contributed by atoms with Gasteiger partial charge in [0.15, 0.2) is 0 Å². The molecule has 0 unspecified atom stereocenters. The van der Waals surface area contributed by atoms with Gasteiger partial charge in [0.25, 0.3) is 5.56 Å². The average molecular weight is 398 g/mol. The Morgan fingerprint density at radius 1 is 0.964 bits per heavy atom. The van der Waals surface area contributed by atoms with Crippen molar-refractivity contribution in [3.63, 3.8) is 0 Å². The van der Waals surface area contributed by atoms with Gasteiger partial charge in [0.1, 0.15) is 0 Å². The van der Waals surface area contributed by atoms with Crippen LogP contribution in [0.25, 0.3) is 22.0 Å². The van der Waals surface area contributed by atoms with Gasteiger partial charge >= 0.3 is 0 Å². The number of aromatic nitrogens is 2. The fourth-order valence-corrected chi connectivity index (χ4v) is 5.55. The molecule has 1 aliphatic rings. The zero-order chi connectivity index (χ0) is 19.9. The van der Waals surface area contributed by atoms with E-state index in [2.05, 4.69) is 5.10 Å². The Balaban J connectivity index is 1.90. The predicted molar refractivity (Wildman–Crippen MR) is 110 cm³/mol. The minimum Gasteiger partial charge on any atom is -0.267 e. The zero-order valence-corrected chi connectivity index (χ0v) is 16.9. The van der Waals surface area contributed by atoms with E-state index >= 15 is 0 Å². The van der Waals surface area contributed by atoms with Crippen molar-refractivity contribution in [2.75, 3.05) is 13.1 Å². The summed E-state index contributed by atoms with van der Waals surface area (Å²) < 4.78 is 29.3. The largest absolute Gasteiger partial charge is 0.274 e. The molecule has 4 rings (SSSR count). The fourth-order valence-electron chi connectivity index (χ4n) is 3.78. The quantitative estimate of drug-likeness (QED) is 0.681. The third kappa shape index (κ3) is 3.14. The van der Waals surface area contributed by atoms with Gasteiger partial charge in [0, 0.05) is 31.1 Å².